The molecule has 2 unspecified atom stereocenters. The van der Waals surface area contributed by atoms with E-state index in [-0.39, 0.29) is 29.6 Å². The Kier molecular flexibility index (Phi) is 5.99. The third kappa shape index (κ3) is 5.49. The van der Waals surface area contributed by atoms with Gasteiger partial charge in [0.05, 0.1) is 5.92 Å². The first-order valence-electron chi connectivity index (χ1n) is 7.43. The predicted molar refractivity (Wildman–Crippen MR) is 78.2 cm³/mol. The van der Waals surface area contributed by atoms with Crippen LogP contribution in [0, 0.1) is 17.3 Å². The summed E-state index contributed by atoms with van der Waals surface area (Å²) in [6.07, 6.45) is 2.69. The summed E-state index contributed by atoms with van der Waals surface area (Å²) in [6, 6.07) is 0. The van der Waals surface area contributed by atoms with Gasteiger partial charge in [0.2, 0.25) is 5.91 Å². The molecule has 1 rings (SSSR count). The van der Waals surface area contributed by atoms with Crippen LogP contribution in [0.1, 0.15) is 46.5 Å². The zero-order chi connectivity index (χ0) is 15.3. The van der Waals surface area contributed by atoms with Gasteiger partial charge in [-0.3, -0.25) is 9.59 Å². The van der Waals surface area contributed by atoms with E-state index in [9.17, 15) is 9.59 Å². The van der Waals surface area contributed by atoms with Gasteiger partial charge in [0, 0.05) is 26.1 Å². The van der Waals surface area contributed by atoms with Gasteiger partial charge in [-0.25, -0.2) is 0 Å². The fourth-order valence-corrected chi connectivity index (χ4v) is 2.95. The maximum atomic E-state index is 12.5. The highest BCUT2D eigenvalue weighted by molar-refractivity contribution is 5.79. The van der Waals surface area contributed by atoms with Crippen LogP contribution in [-0.2, 0) is 9.59 Å². The lowest BCUT2D eigenvalue weighted by Gasteiger charge is -2.35. The van der Waals surface area contributed by atoms with Gasteiger partial charge in [-0.15, -0.1) is 0 Å². The SMILES string of the molecule is CC(C)(C)CC(CN)C(=O)N1CCCC(CC(=O)O)C1. The molecule has 116 valence electrons. The maximum absolute atomic E-state index is 12.5. The molecule has 5 nitrogen and oxygen atoms in total. The lowest BCUT2D eigenvalue weighted by Crippen LogP contribution is -2.45. The molecule has 1 amide bonds. The molecule has 0 bridgehead atoms. The number of rotatable bonds is 5. The lowest BCUT2D eigenvalue weighted by molar-refractivity contribution is -0.142. The van der Waals surface area contributed by atoms with E-state index >= 15 is 0 Å². The quantitative estimate of drug-likeness (QED) is 0.805. The zero-order valence-electron chi connectivity index (χ0n) is 12.9. The smallest absolute Gasteiger partial charge is 0.303 e. The van der Waals surface area contributed by atoms with Crippen molar-refractivity contribution >= 4 is 11.9 Å². The Hall–Kier alpha value is -1.10. The summed E-state index contributed by atoms with van der Waals surface area (Å²) >= 11 is 0. The highest BCUT2D eigenvalue weighted by Gasteiger charge is 2.31. The maximum Gasteiger partial charge on any atom is 0.303 e. The minimum Gasteiger partial charge on any atom is -0.481 e. The van der Waals surface area contributed by atoms with E-state index in [1.165, 1.54) is 0 Å². The Labute approximate surface area is 121 Å². The molecule has 0 aromatic heterocycles. The summed E-state index contributed by atoms with van der Waals surface area (Å²) in [5, 5.41) is 8.88. The Morgan fingerprint density at radius 2 is 2.05 bits per heavy atom. The molecular weight excluding hydrogens is 256 g/mol. The van der Waals surface area contributed by atoms with Crippen LogP contribution in [0.2, 0.25) is 0 Å². The molecule has 0 aromatic carbocycles. The average molecular weight is 284 g/mol. The van der Waals surface area contributed by atoms with E-state index in [2.05, 4.69) is 20.8 Å². The van der Waals surface area contributed by atoms with Gasteiger partial charge in [0.15, 0.2) is 0 Å². The van der Waals surface area contributed by atoms with Crippen LogP contribution in [0.3, 0.4) is 0 Å². The van der Waals surface area contributed by atoms with Crippen molar-refractivity contribution in [1.82, 2.24) is 4.90 Å². The predicted octanol–water partition coefficient (Wildman–Crippen LogP) is 1.71. The van der Waals surface area contributed by atoms with Gasteiger partial charge in [0.1, 0.15) is 0 Å². The number of carbonyl (C=O) groups is 2. The van der Waals surface area contributed by atoms with Crippen molar-refractivity contribution in [3.8, 4) is 0 Å². The number of carboxylic acids is 1. The first-order valence-corrected chi connectivity index (χ1v) is 7.43. The summed E-state index contributed by atoms with van der Waals surface area (Å²) in [6.45, 7) is 7.96. The van der Waals surface area contributed by atoms with Crippen molar-refractivity contribution in [2.24, 2.45) is 23.0 Å². The molecule has 20 heavy (non-hydrogen) atoms. The molecule has 1 aliphatic heterocycles. The fraction of sp³-hybridized carbons (Fsp3) is 0.867. The molecule has 1 heterocycles. The number of likely N-dealkylation sites (tertiary alicyclic amines) is 1. The van der Waals surface area contributed by atoms with Crippen LogP contribution in [0.4, 0.5) is 0 Å². The van der Waals surface area contributed by atoms with Crippen LogP contribution < -0.4 is 5.73 Å². The van der Waals surface area contributed by atoms with Crippen LogP contribution >= 0.6 is 0 Å². The van der Waals surface area contributed by atoms with E-state index in [1.54, 1.807) is 0 Å². The van der Waals surface area contributed by atoms with E-state index < -0.39 is 5.97 Å². The number of hydrogen-bond acceptors (Lipinski definition) is 3. The molecule has 1 aliphatic rings. The van der Waals surface area contributed by atoms with Crippen LogP contribution in [0.25, 0.3) is 0 Å². The summed E-state index contributed by atoms with van der Waals surface area (Å²) in [5.41, 5.74) is 5.83. The van der Waals surface area contributed by atoms with Crippen molar-refractivity contribution in [3.05, 3.63) is 0 Å². The number of amides is 1. The van der Waals surface area contributed by atoms with Crippen molar-refractivity contribution in [2.75, 3.05) is 19.6 Å². The minimum absolute atomic E-state index is 0.0654. The molecule has 1 fully saturated rings. The third-order valence-corrected chi connectivity index (χ3v) is 3.79. The van der Waals surface area contributed by atoms with Gasteiger partial charge in [-0.1, -0.05) is 20.8 Å². The second-order valence-electron chi connectivity index (χ2n) is 7.09. The Balaban J connectivity index is 2.62. The molecule has 0 radical (unpaired) electrons. The zero-order valence-corrected chi connectivity index (χ0v) is 12.9. The van der Waals surface area contributed by atoms with Crippen molar-refractivity contribution in [1.29, 1.82) is 0 Å². The van der Waals surface area contributed by atoms with Crippen molar-refractivity contribution in [2.45, 2.75) is 46.5 Å². The molecule has 2 atom stereocenters. The number of nitrogens with two attached hydrogens (primary N) is 1. The van der Waals surface area contributed by atoms with Crippen LogP contribution in [0.15, 0.2) is 0 Å². The second kappa shape index (κ2) is 7.07. The molecule has 1 saturated heterocycles. The first-order chi connectivity index (χ1) is 9.23. The highest BCUT2D eigenvalue weighted by Crippen LogP contribution is 2.27. The van der Waals surface area contributed by atoms with Crippen LogP contribution in [-0.4, -0.2) is 41.5 Å². The van der Waals surface area contributed by atoms with E-state index in [0.29, 0.717) is 13.1 Å². The van der Waals surface area contributed by atoms with E-state index in [0.717, 1.165) is 25.8 Å². The summed E-state index contributed by atoms with van der Waals surface area (Å²) < 4.78 is 0. The lowest BCUT2D eigenvalue weighted by atomic mass is 9.83. The third-order valence-electron chi connectivity index (χ3n) is 3.79. The van der Waals surface area contributed by atoms with E-state index in [1.807, 2.05) is 4.90 Å². The second-order valence-corrected chi connectivity index (χ2v) is 7.09. The van der Waals surface area contributed by atoms with E-state index in [4.69, 9.17) is 10.8 Å². The Morgan fingerprint density at radius 1 is 1.40 bits per heavy atom. The molecule has 0 saturated carbocycles. The molecular formula is C15H28N2O3. The molecule has 0 spiro atoms. The largest absolute Gasteiger partial charge is 0.481 e. The summed E-state index contributed by atoms with van der Waals surface area (Å²) in [4.78, 5) is 25.2. The number of carbonyl (C=O) groups excluding carboxylic acids is 1. The topological polar surface area (TPSA) is 83.6 Å². The average Bonchev–Trinajstić information content (AvgIpc) is 2.33. The molecule has 0 aliphatic carbocycles. The monoisotopic (exact) mass is 284 g/mol. The van der Waals surface area contributed by atoms with Gasteiger partial charge >= 0.3 is 5.97 Å². The molecule has 5 heteroatoms. The number of hydrogen-bond donors (Lipinski definition) is 2. The normalized spacial score (nSPS) is 21.6. The number of carboxylic acid groups (broad SMARTS) is 1. The Bertz CT molecular complexity index is 350. The molecule has 0 aromatic rings. The van der Waals surface area contributed by atoms with Crippen LogP contribution in [0.5, 0.6) is 0 Å². The Morgan fingerprint density at radius 3 is 2.55 bits per heavy atom. The minimum atomic E-state index is -0.783. The summed E-state index contributed by atoms with van der Waals surface area (Å²) in [7, 11) is 0. The van der Waals surface area contributed by atoms with Gasteiger partial charge in [0.25, 0.3) is 0 Å². The van der Waals surface area contributed by atoms with Crippen molar-refractivity contribution in [3.63, 3.8) is 0 Å². The van der Waals surface area contributed by atoms with Gasteiger partial charge in [-0.2, -0.15) is 0 Å². The standard InChI is InChI=1S/C15H28N2O3/c1-15(2,3)8-12(9-16)14(20)17-6-4-5-11(10-17)7-13(18)19/h11-12H,4-10,16H2,1-3H3,(H,18,19). The number of piperidine rings is 1. The van der Waals surface area contributed by atoms with Gasteiger partial charge < -0.3 is 15.7 Å². The fourth-order valence-electron chi connectivity index (χ4n) is 2.95. The number of aliphatic carboxylic acids is 1. The first kappa shape index (κ1) is 17.0. The molecule has 3 N–H and O–H groups in total. The number of nitrogens with zero attached hydrogens (tertiary/aromatic N) is 1. The summed E-state index contributed by atoms with van der Waals surface area (Å²) in [5.74, 6) is -0.760. The van der Waals surface area contributed by atoms with Gasteiger partial charge in [-0.05, 0) is 30.6 Å². The van der Waals surface area contributed by atoms with Crippen molar-refractivity contribution < 1.29 is 14.7 Å². The highest BCUT2D eigenvalue weighted by atomic mass is 16.4.